The molecule has 52 heavy (non-hydrogen) atoms. The molecule has 2 N–H and O–H groups in total. The van der Waals surface area contributed by atoms with Crippen LogP contribution in [-0.2, 0) is 65.4 Å². The van der Waals surface area contributed by atoms with E-state index in [9.17, 15) is 19.3 Å². The summed E-state index contributed by atoms with van der Waals surface area (Å²) in [6.45, 7) is 14.2. The van der Waals surface area contributed by atoms with Gasteiger partial charge in [0.25, 0.3) is 0 Å². The van der Waals surface area contributed by atoms with E-state index in [0.717, 1.165) is 6.42 Å². The Kier molecular flexibility index (Phi) is 19.8. The van der Waals surface area contributed by atoms with Crippen LogP contribution in [0.4, 0.5) is 0 Å². The Morgan fingerprint density at radius 3 is 2.19 bits per heavy atom. The highest BCUT2D eigenvalue weighted by Gasteiger charge is 2.57. The van der Waals surface area contributed by atoms with E-state index in [1.807, 2.05) is 6.92 Å². The first-order valence-corrected chi connectivity index (χ1v) is 19.8. The first kappa shape index (κ1) is 46.4. The number of aliphatic hydroxyl groups is 1. The third-order valence-corrected chi connectivity index (χ3v) is 11.6. The quantitative estimate of drug-likeness (QED) is 0.110. The molecular weight excluding hydrogens is 781 g/mol. The van der Waals surface area contributed by atoms with Crippen molar-refractivity contribution >= 4 is 58.2 Å². The molecule has 300 valence electrons. The van der Waals surface area contributed by atoms with E-state index in [0.29, 0.717) is 0 Å². The monoisotopic (exact) mass is 837 g/mol. The van der Waals surface area contributed by atoms with Gasteiger partial charge in [-0.15, -0.1) is 6.58 Å². The maximum Gasteiger partial charge on any atom is 0.302 e. The second-order valence-electron chi connectivity index (χ2n) is 13.4. The van der Waals surface area contributed by atoms with Gasteiger partial charge < -0.3 is 61.7 Å². The van der Waals surface area contributed by atoms with Crippen LogP contribution in [0, 0.1) is 11.8 Å². The molecule has 16 nitrogen and oxygen atoms in total. The van der Waals surface area contributed by atoms with Crippen molar-refractivity contribution in [2.75, 3.05) is 19.8 Å². The number of hydrogen-bond acceptors (Lipinski definition) is 15. The molecule has 9 unspecified atom stereocenters. The number of esters is 1. The summed E-state index contributed by atoms with van der Waals surface area (Å²) in [5, 5.41) is 14.6. The molecular formula is C31H56NO15P5. The van der Waals surface area contributed by atoms with Gasteiger partial charge in [-0.05, 0) is 18.8 Å². The molecule has 0 aromatic rings. The summed E-state index contributed by atoms with van der Waals surface area (Å²) in [7, 11) is 8.22. The summed E-state index contributed by atoms with van der Waals surface area (Å²) in [4.78, 5) is 24.7. The molecule has 3 rings (SSSR count). The van der Waals surface area contributed by atoms with Crippen LogP contribution in [0.2, 0.25) is 0 Å². The van der Waals surface area contributed by atoms with Crippen LogP contribution in [0.1, 0.15) is 54.4 Å². The molecule has 0 spiro atoms. The molecule has 0 bridgehead atoms. The minimum absolute atomic E-state index is 0.00659. The molecule has 3 aliphatic heterocycles. The number of nitrogens with one attached hydrogen (secondary N) is 1. The van der Waals surface area contributed by atoms with Gasteiger partial charge in [0.05, 0.1) is 32.0 Å². The summed E-state index contributed by atoms with van der Waals surface area (Å²) >= 11 is 0. The molecule has 3 saturated heterocycles. The van der Waals surface area contributed by atoms with Crippen LogP contribution in [0.15, 0.2) is 12.7 Å². The van der Waals surface area contributed by atoms with Crippen molar-refractivity contribution in [2.24, 2.45) is 11.8 Å². The van der Waals surface area contributed by atoms with Crippen molar-refractivity contribution < 1.29 is 70.5 Å². The van der Waals surface area contributed by atoms with E-state index in [2.05, 4.69) is 63.6 Å². The fourth-order valence-electron chi connectivity index (χ4n) is 6.87. The standard InChI is InChI=1S/C31H56NO15P5/c1-8-10-37-29-27(47-51)28(52-36)24(20(42-29)13-39-49)43-30-26(46-50)25(22(35)19(41-30)12-38-48)45-31(7)11-18(40-17(6)34)21(32-16(5)33)23(44-31)15(4)14(3)9-2/h8,14-15,18-30,35H,1,9-13,48-51H2,2-7H3,(H,32,33)/t14-,15-,18-,19?,20?,21-,22+,23?,24-,25+,26?,27?,28+,29-,30+,31-/m1/s1. The fraction of sp³-hybridized carbons (Fsp3) is 0.871. The Bertz CT molecular complexity index is 1170. The zero-order chi connectivity index (χ0) is 38.7. The van der Waals surface area contributed by atoms with E-state index in [1.165, 1.54) is 13.8 Å². The van der Waals surface area contributed by atoms with Gasteiger partial charge in [0.15, 0.2) is 26.8 Å². The molecule has 0 radical (unpaired) electrons. The summed E-state index contributed by atoms with van der Waals surface area (Å²) in [6.07, 6.45) is -8.72. The highest BCUT2D eigenvalue weighted by atomic mass is 31.1. The lowest BCUT2D eigenvalue weighted by Gasteiger charge is -2.52. The molecule has 1 amide bonds. The van der Waals surface area contributed by atoms with E-state index in [-0.39, 0.29) is 52.4 Å². The number of amides is 1. The van der Waals surface area contributed by atoms with Crippen molar-refractivity contribution in [3.8, 4) is 0 Å². The zero-order valence-corrected chi connectivity index (χ0v) is 35.9. The third kappa shape index (κ3) is 11.8. The highest BCUT2D eigenvalue weighted by molar-refractivity contribution is 7.25. The maximum atomic E-state index is 12.8. The first-order chi connectivity index (χ1) is 24.7. The Labute approximate surface area is 317 Å². The van der Waals surface area contributed by atoms with E-state index >= 15 is 0 Å². The number of aliphatic hydroxyl groups excluding tert-OH is 1. The van der Waals surface area contributed by atoms with Crippen LogP contribution in [0.3, 0.4) is 0 Å². The number of carbonyl (C=O) groups excluding carboxylic acids is 2. The molecule has 0 saturated carbocycles. The third-order valence-electron chi connectivity index (χ3n) is 9.71. The predicted molar refractivity (Wildman–Crippen MR) is 201 cm³/mol. The van der Waals surface area contributed by atoms with Gasteiger partial charge >= 0.3 is 5.97 Å². The molecule has 21 heteroatoms. The lowest BCUT2D eigenvalue weighted by Crippen LogP contribution is -2.68. The molecule has 0 aliphatic carbocycles. The average molecular weight is 838 g/mol. The van der Waals surface area contributed by atoms with Gasteiger partial charge in [-0.3, -0.25) is 14.2 Å². The highest BCUT2D eigenvalue weighted by Crippen LogP contribution is 2.42. The Morgan fingerprint density at radius 1 is 1.02 bits per heavy atom. The first-order valence-electron chi connectivity index (χ1n) is 17.1. The molecule has 20 atom stereocenters. The molecule has 3 heterocycles. The number of carbonyl (C=O) groups is 2. The maximum absolute atomic E-state index is 12.8. The lowest BCUT2D eigenvalue weighted by atomic mass is 9.80. The molecule has 0 aromatic carbocycles. The van der Waals surface area contributed by atoms with Gasteiger partial charge in [0.2, 0.25) is 5.91 Å². The van der Waals surface area contributed by atoms with E-state index in [1.54, 1.807) is 13.0 Å². The van der Waals surface area contributed by atoms with Gasteiger partial charge in [-0.2, -0.15) is 0 Å². The van der Waals surface area contributed by atoms with Crippen LogP contribution in [0.5, 0.6) is 0 Å². The van der Waals surface area contributed by atoms with Crippen molar-refractivity contribution in [1.29, 1.82) is 0 Å². The van der Waals surface area contributed by atoms with E-state index < -0.39 is 91.0 Å². The minimum Gasteiger partial charge on any atom is -0.460 e. The summed E-state index contributed by atoms with van der Waals surface area (Å²) in [5.74, 6) is -2.31. The second-order valence-corrected chi connectivity index (χ2v) is 15.4. The summed E-state index contributed by atoms with van der Waals surface area (Å²) in [5.41, 5.74) is -0.847. The van der Waals surface area contributed by atoms with Crippen molar-refractivity contribution in [1.82, 2.24) is 5.32 Å². The van der Waals surface area contributed by atoms with Gasteiger partial charge in [-0.25, -0.2) is 0 Å². The van der Waals surface area contributed by atoms with Crippen LogP contribution in [0.25, 0.3) is 0 Å². The predicted octanol–water partition coefficient (Wildman–Crippen LogP) is 3.02. The minimum atomic E-state index is -1.49. The van der Waals surface area contributed by atoms with Gasteiger partial charge in [0, 0.05) is 58.1 Å². The SMILES string of the molecule is C=CCO[C@@H]1OC(COP)[C@@H](O[C@@H]2OC(COP)[C@H](O)[C@H](O[C@]3(C)C[C@@H](OC(C)=O)[C@@H](NC(C)=O)C([C@H](C)[C@H](C)CC)O3)C2OP)[C@H](P=O)C1OP. The average Bonchev–Trinajstić information content (AvgIpc) is 3.09. The fourth-order valence-corrected chi connectivity index (χ4v) is 8.67. The normalized spacial score (nSPS) is 39.4. The Morgan fingerprint density at radius 2 is 1.65 bits per heavy atom. The van der Waals surface area contributed by atoms with Crippen LogP contribution >= 0.6 is 46.3 Å². The van der Waals surface area contributed by atoms with E-state index in [4.69, 9.17) is 51.3 Å². The summed E-state index contributed by atoms with van der Waals surface area (Å²) < 4.78 is 78.8. The Hall–Kier alpha value is 0.0600. The van der Waals surface area contributed by atoms with Crippen molar-refractivity contribution in [3.63, 3.8) is 0 Å². The molecule has 3 fully saturated rings. The summed E-state index contributed by atoms with van der Waals surface area (Å²) in [6, 6.07) is -0.679. The lowest BCUT2D eigenvalue weighted by molar-refractivity contribution is -0.376. The van der Waals surface area contributed by atoms with Crippen molar-refractivity contribution in [2.45, 2.75) is 139 Å². The smallest absolute Gasteiger partial charge is 0.302 e. The number of rotatable bonds is 19. The molecule has 0 aromatic heterocycles. The number of hydrogen-bond donors (Lipinski definition) is 2. The molecule has 3 aliphatic rings. The second kappa shape index (κ2) is 22.1. The zero-order valence-electron chi connectivity index (χ0n) is 30.4. The topological polar surface area (TPSA) is 185 Å². The van der Waals surface area contributed by atoms with Crippen LogP contribution in [-0.4, -0.2) is 122 Å². The van der Waals surface area contributed by atoms with Crippen molar-refractivity contribution in [3.05, 3.63) is 12.7 Å². The Balaban J connectivity index is 2.03. The number of ether oxygens (including phenoxy) is 7. The van der Waals surface area contributed by atoms with Gasteiger partial charge in [-0.1, -0.05) is 33.3 Å². The largest absolute Gasteiger partial charge is 0.460 e. The van der Waals surface area contributed by atoms with Gasteiger partial charge in [0.1, 0.15) is 54.5 Å². The van der Waals surface area contributed by atoms with Crippen LogP contribution < -0.4 is 5.32 Å².